The quantitative estimate of drug-likeness (QED) is 0.564. The van der Waals surface area contributed by atoms with Gasteiger partial charge in [-0.05, 0) is 61.9 Å². The molecule has 1 aromatic carbocycles. The van der Waals surface area contributed by atoms with Crippen molar-refractivity contribution in [3.8, 4) is 0 Å². The maximum atomic E-state index is 13.0. The van der Waals surface area contributed by atoms with E-state index < -0.39 is 10.0 Å². The van der Waals surface area contributed by atoms with Crippen LogP contribution in [0.4, 0.5) is 5.82 Å². The predicted molar refractivity (Wildman–Crippen MR) is 126 cm³/mol. The molecule has 2 aromatic heterocycles. The molecule has 31 heavy (non-hydrogen) atoms. The Morgan fingerprint density at radius 3 is 2.52 bits per heavy atom. The molecule has 1 saturated heterocycles. The lowest BCUT2D eigenvalue weighted by molar-refractivity contribution is 0.384. The first-order valence-electron chi connectivity index (χ1n) is 10.6. The van der Waals surface area contributed by atoms with Crippen molar-refractivity contribution in [1.82, 2.24) is 14.3 Å². The number of aryl methyl sites for hydroxylation is 2. The lowest BCUT2D eigenvalue weighted by atomic mass is 9.89. The minimum Gasteiger partial charge on any atom is -0.353 e. The zero-order valence-electron chi connectivity index (χ0n) is 17.6. The Balaban J connectivity index is 1.42. The van der Waals surface area contributed by atoms with Gasteiger partial charge in [0.2, 0.25) is 10.0 Å². The van der Waals surface area contributed by atoms with Crippen LogP contribution in [0, 0.1) is 12.8 Å². The van der Waals surface area contributed by atoms with Gasteiger partial charge in [0.15, 0.2) is 0 Å². The number of rotatable bonds is 3. The van der Waals surface area contributed by atoms with Crippen molar-refractivity contribution in [3.05, 3.63) is 45.6 Å². The number of piperazine rings is 1. The van der Waals surface area contributed by atoms with Crippen LogP contribution in [0.1, 0.15) is 29.6 Å². The number of hydrogen-bond donors (Lipinski definition) is 0. The number of aromatic nitrogens is 2. The summed E-state index contributed by atoms with van der Waals surface area (Å²) in [5.41, 5.74) is 1.41. The van der Waals surface area contributed by atoms with Crippen molar-refractivity contribution in [1.29, 1.82) is 0 Å². The Morgan fingerprint density at radius 1 is 1.10 bits per heavy atom. The molecular weight excluding hydrogens is 452 g/mol. The fraction of sp³-hybridized carbons (Fsp3) is 0.455. The highest BCUT2D eigenvalue weighted by Gasteiger charge is 2.31. The van der Waals surface area contributed by atoms with Crippen molar-refractivity contribution in [2.75, 3.05) is 31.1 Å². The molecule has 3 aromatic rings. The first-order valence-corrected chi connectivity index (χ1v) is 13.3. The Morgan fingerprint density at radius 2 is 1.81 bits per heavy atom. The number of anilines is 1. The van der Waals surface area contributed by atoms with Crippen LogP contribution in [0.2, 0.25) is 5.02 Å². The molecule has 6 nitrogen and oxygen atoms in total. The van der Waals surface area contributed by atoms with Gasteiger partial charge in [-0.1, -0.05) is 18.5 Å². The largest absolute Gasteiger partial charge is 0.353 e. The van der Waals surface area contributed by atoms with E-state index in [-0.39, 0.29) is 4.90 Å². The monoisotopic (exact) mass is 476 g/mol. The molecule has 2 aliphatic rings. The van der Waals surface area contributed by atoms with Crippen LogP contribution < -0.4 is 4.90 Å². The molecule has 3 heterocycles. The summed E-state index contributed by atoms with van der Waals surface area (Å²) < 4.78 is 27.6. The predicted octanol–water partition coefficient (Wildman–Crippen LogP) is 4.29. The molecule has 164 valence electrons. The fourth-order valence-corrected chi connectivity index (χ4v) is 7.52. The van der Waals surface area contributed by atoms with E-state index in [1.165, 1.54) is 22.2 Å². The second-order valence-corrected chi connectivity index (χ2v) is 11.9. The Labute approximate surface area is 191 Å². The summed E-state index contributed by atoms with van der Waals surface area (Å²) in [7, 11) is -3.53. The highest BCUT2D eigenvalue weighted by Crippen LogP contribution is 2.41. The summed E-state index contributed by atoms with van der Waals surface area (Å²) in [4.78, 5) is 14.6. The zero-order valence-corrected chi connectivity index (χ0v) is 20.0. The number of nitrogens with zero attached hydrogens (tertiary/aromatic N) is 4. The number of hydrogen-bond acceptors (Lipinski definition) is 6. The van der Waals surface area contributed by atoms with Crippen LogP contribution in [0.25, 0.3) is 10.2 Å². The number of halogens is 1. The van der Waals surface area contributed by atoms with Gasteiger partial charge in [-0.25, -0.2) is 18.4 Å². The van der Waals surface area contributed by atoms with Crippen LogP contribution >= 0.6 is 22.9 Å². The van der Waals surface area contributed by atoms with Crippen LogP contribution in [0.5, 0.6) is 0 Å². The highest BCUT2D eigenvalue weighted by atomic mass is 35.5. The smallest absolute Gasteiger partial charge is 0.243 e. The summed E-state index contributed by atoms with van der Waals surface area (Å²) in [5, 5.41) is 1.71. The fourth-order valence-electron chi connectivity index (χ4n) is 4.55. The van der Waals surface area contributed by atoms with E-state index in [4.69, 9.17) is 21.6 Å². The van der Waals surface area contributed by atoms with E-state index in [9.17, 15) is 8.42 Å². The zero-order chi connectivity index (χ0) is 21.8. The lowest BCUT2D eigenvalue weighted by Gasteiger charge is -2.35. The summed E-state index contributed by atoms with van der Waals surface area (Å²) >= 11 is 7.72. The van der Waals surface area contributed by atoms with Gasteiger partial charge < -0.3 is 4.90 Å². The molecule has 5 rings (SSSR count). The first-order chi connectivity index (χ1) is 14.8. The van der Waals surface area contributed by atoms with Crippen LogP contribution in [0.3, 0.4) is 0 Å². The average molecular weight is 477 g/mol. The van der Waals surface area contributed by atoms with Crippen molar-refractivity contribution >= 4 is 49.0 Å². The molecule has 1 aliphatic carbocycles. The maximum Gasteiger partial charge on any atom is 0.243 e. The van der Waals surface area contributed by atoms with E-state index in [0.717, 1.165) is 29.3 Å². The summed E-state index contributed by atoms with van der Waals surface area (Å²) in [6, 6.07) is 6.37. The lowest BCUT2D eigenvalue weighted by Crippen LogP contribution is -2.49. The molecule has 0 spiro atoms. The standard InChI is InChI=1S/C22H25ClN4O2S2/c1-14-3-8-18-19(13-14)30-22-20(18)21(24-15(2)25-22)26-9-11-27(12-10-26)31(28,29)17-6-4-16(23)5-7-17/h4-7,14H,3,8-13H2,1-2H3/t14-/m1/s1. The molecule has 0 amide bonds. The van der Waals surface area contributed by atoms with Gasteiger partial charge in [0.05, 0.1) is 10.3 Å². The SMILES string of the molecule is Cc1nc(N2CCN(S(=O)(=O)c3ccc(Cl)cc3)CC2)c2c3c(sc2n1)C[C@H](C)CC3. The number of fused-ring (bicyclic) bond motifs is 3. The second kappa shape index (κ2) is 7.99. The van der Waals surface area contributed by atoms with E-state index in [0.29, 0.717) is 37.1 Å². The first kappa shape index (κ1) is 21.1. The van der Waals surface area contributed by atoms with E-state index >= 15 is 0 Å². The van der Waals surface area contributed by atoms with Gasteiger partial charge in [0.25, 0.3) is 0 Å². The Bertz CT molecular complexity index is 1230. The number of thiophene rings is 1. The molecule has 1 atom stereocenters. The van der Waals surface area contributed by atoms with Crippen molar-refractivity contribution in [3.63, 3.8) is 0 Å². The second-order valence-electron chi connectivity index (χ2n) is 8.47. The summed E-state index contributed by atoms with van der Waals surface area (Å²) in [6.45, 7) is 6.33. The third kappa shape index (κ3) is 3.84. The van der Waals surface area contributed by atoms with Gasteiger partial charge in [-0.2, -0.15) is 4.31 Å². The number of sulfonamides is 1. The molecule has 1 aliphatic heterocycles. The minimum absolute atomic E-state index is 0.284. The summed E-state index contributed by atoms with van der Waals surface area (Å²) in [5.74, 6) is 2.45. The maximum absolute atomic E-state index is 13.0. The molecule has 0 bridgehead atoms. The minimum atomic E-state index is -3.53. The molecular formula is C22H25ClN4O2S2. The van der Waals surface area contributed by atoms with Crippen molar-refractivity contribution in [2.45, 2.75) is 38.0 Å². The topological polar surface area (TPSA) is 66.4 Å². The third-order valence-electron chi connectivity index (χ3n) is 6.24. The molecule has 0 N–H and O–H groups in total. The average Bonchev–Trinajstić information content (AvgIpc) is 3.10. The van der Waals surface area contributed by atoms with Gasteiger partial charge in [-0.3, -0.25) is 0 Å². The van der Waals surface area contributed by atoms with Gasteiger partial charge in [-0.15, -0.1) is 11.3 Å². The normalized spacial score (nSPS) is 20.2. The molecule has 0 radical (unpaired) electrons. The van der Waals surface area contributed by atoms with E-state index in [1.807, 2.05) is 6.92 Å². The highest BCUT2D eigenvalue weighted by molar-refractivity contribution is 7.89. The summed E-state index contributed by atoms with van der Waals surface area (Å²) in [6.07, 6.45) is 3.38. The van der Waals surface area contributed by atoms with Crippen LogP contribution in [-0.4, -0.2) is 48.9 Å². The van der Waals surface area contributed by atoms with Crippen molar-refractivity contribution < 1.29 is 8.42 Å². The third-order valence-corrected chi connectivity index (χ3v) is 9.55. The van der Waals surface area contributed by atoms with E-state index in [2.05, 4.69) is 11.8 Å². The molecule has 0 saturated carbocycles. The Kier molecular flexibility index (Phi) is 5.45. The number of benzene rings is 1. The molecule has 1 fully saturated rings. The van der Waals surface area contributed by atoms with Gasteiger partial charge >= 0.3 is 0 Å². The molecule has 9 heteroatoms. The molecule has 0 unspecified atom stereocenters. The van der Waals surface area contributed by atoms with Gasteiger partial charge in [0.1, 0.15) is 16.5 Å². The van der Waals surface area contributed by atoms with Crippen molar-refractivity contribution in [2.24, 2.45) is 5.92 Å². The van der Waals surface area contributed by atoms with Crippen LogP contribution in [-0.2, 0) is 22.9 Å². The Hall–Kier alpha value is -1.74. The van der Waals surface area contributed by atoms with Gasteiger partial charge in [0, 0.05) is 36.1 Å². The van der Waals surface area contributed by atoms with E-state index in [1.54, 1.807) is 39.9 Å². The van der Waals surface area contributed by atoms with Crippen LogP contribution in [0.15, 0.2) is 29.2 Å².